The zero-order valence-corrected chi connectivity index (χ0v) is 13.6. The van der Waals surface area contributed by atoms with Gasteiger partial charge in [0.15, 0.2) is 0 Å². The molecule has 1 N–H and O–H groups in total. The number of nitrogens with one attached hydrogen (secondary N) is 1. The molecule has 2 aromatic rings. The van der Waals surface area contributed by atoms with Crippen LogP contribution in [0.3, 0.4) is 0 Å². The van der Waals surface area contributed by atoms with Crippen molar-refractivity contribution in [3.63, 3.8) is 0 Å². The van der Waals surface area contributed by atoms with E-state index in [-0.39, 0.29) is 0 Å². The van der Waals surface area contributed by atoms with E-state index in [0.717, 1.165) is 23.5 Å². The predicted molar refractivity (Wildman–Crippen MR) is 86.9 cm³/mol. The zero-order valence-electron chi connectivity index (χ0n) is 11.2. The molecule has 0 fully saturated rings. The summed E-state index contributed by atoms with van der Waals surface area (Å²) in [6.07, 6.45) is 3.54. The van der Waals surface area contributed by atoms with Gasteiger partial charge in [-0.25, -0.2) is 4.98 Å². The fraction of sp³-hybridized carbons (Fsp3) is 0.400. The molecule has 1 aromatic carbocycles. The molecule has 0 spiro atoms. The SMILES string of the molecule is CCNC1CCCc2sc(-c3ccc(Cl)c(Cl)c3)nc21. The molecule has 1 unspecified atom stereocenters. The number of rotatable bonds is 3. The third-order valence-corrected chi connectivity index (χ3v) is 5.49. The maximum atomic E-state index is 6.10. The van der Waals surface area contributed by atoms with Crippen LogP contribution in [0.5, 0.6) is 0 Å². The number of thiazole rings is 1. The number of hydrogen-bond donors (Lipinski definition) is 1. The average molecular weight is 327 g/mol. The van der Waals surface area contributed by atoms with Crippen molar-refractivity contribution >= 4 is 34.5 Å². The minimum absolute atomic E-state index is 0.400. The minimum atomic E-state index is 0.400. The Morgan fingerprint density at radius 2 is 2.20 bits per heavy atom. The lowest BCUT2D eigenvalue weighted by molar-refractivity contribution is 0.465. The number of fused-ring (bicyclic) bond motifs is 1. The number of nitrogens with zero attached hydrogens (tertiary/aromatic N) is 1. The first-order valence-electron chi connectivity index (χ1n) is 6.87. The highest BCUT2D eigenvalue weighted by molar-refractivity contribution is 7.15. The second-order valence-electron chi connectivity index (χ2n) is 4.96. The Morgan fingerprint density at radius 3 is 2.95 bits per heavy atom. The molecule has 0 saturated heterocycles. The van der Waals surface area contributed by atoms with Crippen LogP contribution in [0.1, 0.15) is 36.4 Å². The Morgan fingerprint density at radius 1 is 1.35 bits per heavy atom. The fourth-order valence-corrected chi connectivity index (χ4v) is 4.08. The predicted octanol–water partition coefficient (Wildman–Crippen LogP) is 5.10. The van der Waals surface area contributed by atoms with E-state index >= 15 is 0 Å². The van der Waals surface area contributed by atoms with Crippen LogP contribution in [0.25, 0.3) is 10.6 Å². The van der Waals surface area contributed by atoms with Crippen molar-refractivity contribution in [2.24, 2.45) is 0 Å². The first-order chi connectivity index (χ1) is 9.69. The molecule has 20 heavy (non-hydrogen) atoms. The van der Waals surface area contributed by atoms with E-state index in [2.05, 4.69) is 12.2 Å². The number of benzene rings is 1. The van der Waals surface area contributed by atoms with E-state index in [1.807, 2.05) is 18.2 Å². The zero-order chi connectivity index (χ0) is 14.1. The van der Waals surface area contributed by atoms with Gasteiger partial charge in [0.1, 0.15) is 5.01 Å². The van der Waals surface area contributed by atoms with Crippen LogP contribution in [0.2, 0.25) is 10.0 Å². The minimum Gasteiger partial charge on any atom is -0.309 e. The standard InChI is InChI=1S/C15H16Cl2N2S/c1-2-18-12-4-3-5-13-14(12)19-15(20-13)9-6-7-10(16)11(17)8-9/h6-8,12,18H,2-5H2,1H3. The topological polar surface area (TPSA) is 24.9 Å². The molecular formula is C15H16Cl2N2S. The molecule has 0 amide bonds. The van der Waals surface area contributed by atoms with E-state index < -0.39 is 0 Å². The molecule has 0 radical (unpaired) electrons. The monoisotopic (exact) mass is 326 g/mol. The molecule has 1 atom stereocenters. The summed E-state index contributed by atoms with van der Waals surface area (Å²) in [5, 5.41) is 5.73. The Bertz CT molecular complexity index is 624. The Labute approximate surface area is 133 Å². The fourth-order valence-electron chi connectivity index (χ4n) is 2.62. The van der Waals surface area contributed by atoms with Crippen LogP contribution < -0.4 is 5.32 Å². The van der Waals surface area contributed by atoms with E-state index in [4.69, 9.17) is 28.2 Å². The summed E-state index contributed by atoms with van der Waals surface area (Å²) in [4.78, 5) is 6.25. The van der Waals surface area contributed by atoms with Crippen molar-refractivity contribution < 1.29 is 0 Å². The molecule has 1 heterocycles. The molecular weight excluding hydrogens is 311 g/mol. The Balaban J connectivity index is 1.97. The maximum Gasteiger partial charge on any atom is 0.123 e. The van der Waals surface area contributed by atoms with Gasteiger partial charge in [-0.3, -0.25) is 0 Å². The lowest BCUT2D eigenvalue weighted by atomic mass is 9.98. The van der Waals surface area contributed by atoms with Crippen molar-refractivity contribution in [2.75, 3.05) is 6.54 Å². The van der Waals surface area contributed by atoms with Crippen LogP contribution in [-0.4, -0.2) is 11.5 Å². The highest BCUT2D eigenvalue weighted by atomic mass is 35.5. The van der Waals surface area contributed by atoms with E-state index in [9.17, 15) is 0 Å². The Kier molecular flexibility index (Phi) is 4.32. The van der Waals surface area contributed by atoms with Gasteiger partial charge in [-0.1, -0.05) is 36.2 Å². The Hall–Kier alpha value is -0.610. The van der Waals surface area contributed by atoms with Gasteiger partial charge in [-0.15, -0.1) is 11.3 Å². The lowest BCUT2D eigenvalue weighted by Gasteiger charge is -2.21. The normalized spacial score (nSPS) is 18.1. The van der Waals surface area contributed by atoms with Crippen molar-refractivity contribution in [3.8, 4) is 10.6 Å². The molecule has 1 aliphatic carbocycles. The molecule has 0 saturated carbocycles. The molecule has 0 bridgehead atoms. The van der Waals surface area contributed by atoms with E-state index in [0.29, 0.717) is 16.1 Å². The second-order valence-corrected chi connectivity index (χ2v) is 6.86. The summed E-state index contributed by atoms with van der Waals surface area (Å²) in [6, 6.07) is 6.12. The summed E-state index contributed by atoms with van der Waals surface area (Å²) in [6.45, 7) is 3.12. The van der Waals surface area contributed by atoms with Gasteiger partial charge < -0.3 is 5.32 Å². The molecule has 5 heteroatoms. The average Bonchev–Trinajstić information content (AvgIpc) is 2.87. The van der Waals surface area contributed by atoms with Crippen LogP contribution in [0, 0.1) is 0 Å². The molecule has 1 aliphatic rings. The highest BCUT2D eigenvalue weighted by Gasteiger charge is 2.24. The van der Waals surface area contributed by atoms with E-state index in [1.54, 1.807) is 11.3 Å². The highest BCUT2D eigenvalue weighted by Crippen LogP contribution is 2.38. The summed E-state index contributed by atoms with van der Waals surface area (Å²) in [7, 11) is 0. The number of halogens is 2. The summed E-state index contributed by atoms with van der Waals surface area (Å²) in [5.41, 5.74) is 2.28. The second kappa shape index (κ2) is 6.02. The molecule has 0 aliphatic heterocycles. The number of aromatic nitrogens is 1. The van der Waals surface area contributed by atoms with Gasteiger partial charge >= 0.3 is 0 Å². The lowest BCUT2D eigenvalue weighted by Crippen LogP contribution is -2.24. The van der Waals surface area contributed by atoms with Gasteiger partial charge in [0.05, 0.1) is 21.8 Å². The van der Waals surface area contributed by atoms with Gasteiger partial charge in [-0.2, -0.15) is 0 Å². The van der Waals surface area contributed by atoms with Crippen LogP contribution >= 0.6 is 34.5 Å². The molecule has 2 nitrogen and oxygen atoms in total. The smallest absolute Gasteiger partial charge is 0.123 e. The van der Waals surface area contributed by atoms with Gasteiger partial charge in [-0.05, 0) is 37.9 Å². The third-order valence-electron chi connectivity index (χ3n) is 3.57. The quantitative estimate of drug-likeness (QED) is 0.848. The molecule has 3 rings (SSSR count). The maximum absolute atomic E-state index is 6.10. The summed E-state index contributed by atoms with van der Waals surface area (Å²) in [5.74, 6) is 0. The van der Waals surface area contributed by atoms with Crippen LogP contribution in [0.15, 0.2) is 18.2 Å². The molecule has 106 valence electrons. The first kappa shape index (κ1) is 14.3. The van der Waals surface area contributed by atoms with Crippen molar-refractivity contribution in [1.82, 2.24) is 10.3 Å². The van der Waals surface area contributed by atoms with E-state index in [1.165, 1.54) is 23.4 Å². The van der Waals surface area contributed by atoms with Gasteiger partial charge in [0.25, 0.3) is 0 Å². The third kappa shape index (κ3) is 2.73. The molecule has 1 aromatic heterocycles. The van der Waals surface area contributed by atoms with Crippen LogP contribution in [0.4, 0.5) is 0 Å². The van der Waals surface area contributed by atoms with Crippen molar-refractivity contribution in [1.29, 1.82) is 0 Å². The first-order valence-corrected chi connectivity index (χ1v) is 8.44. The summed E-state index contributed by atoms with van der Waals surface area (Å²) < 4.78 is 0. The largest absolute Gasteiger partial charge is 0.309 e. The van der Waals surface area contributed by atoms with Gasteiger partial charge in [0, 0.05) is 10.4 Å². The van der Waals surface area contributed by atoms with Crippen molar-refractivity contribution in [3.05, 3.63) is 38.8 Å². The van der Waals surface area contributed by atoms with Gasteiger partial charge in [0.2, 0.25) is 0 Å². The number of aryl methyl sites for hydroxylation is 1. The van der Waals surface area contributed by atoms with Crippen LogP contribution in [-0.2, 0) is 6.42 Å². The summed E-state index contributed by atoms with van der Waals surface area (Å²) >= 11 is 13.9. The number of hydrogen-bond acceptors (Lipinski definition) is 3. The van der Waals surface area contributed by atoms with Crippen molar-refractivity contribution in [2.45, 2.75) is 32.2 Å².